The lowest BCUT2D eigenvalue weighted by Gasteiger charge is -2.27. The summed E-state index contributed by atoms with van der Waals surface area (Å²) in [6, 6.07) is 0. The van der Waals surface area contributed by atoms with Crippen molar-refractivity contribution < 1.29 is 23.0 Å². The highest BCUT2D eigenvalue weighted by atomic mass is 19.3. The fraction of sp³-hybridized carbons (Fsp3) is 0.889. The van der Waals surface area contributed by atoms with Gasteiger partial charge in [0, 0.05) is 6.61 Å². The molecule has 82 valence electrons. The van der Waals surface area contributed by atoms with Crippen LogP contribution in [-0.2, 0) is 14.3 Å². The molecule has 3 nitrogen and oxygen atoms in total. The molecule has 0 unspecified atom stereocenters. The smallest absolute Gasteiger partial charge is 0.377 e. The second-order valence-corrected chi connectivity index (χ2v) is 3.26. The number of carbonyl (C=O) groups is 1. The van der Waals surface area contributed by atoms with E-state index in [1.807, 2.05) is 0 Å². The second-order valence-electron chi connectivity index (χ2n) is 3.26. The van der Waals surface area contributed by atoms with Crippen molar-refractivity contribution >= 4 is 5.97 Å². The van der Waals surface area contributed by atoms with Crippen LogP contribution in [0.1, 0.15) is 19.8 Å². The molecule has 0 aromatic rings. The molecular weight excluding hydrogens is 194 g/mol. The molecular formula is C9H14F2O3. The number of rotatable bonds is 3. The standard InChI is InChI=1S/C9H14F2O3/c1-2-14-8(12)9(10,11)7-4-3-5-13-6-7/h7H,2-6H2,1H3/t7-/m1/s1. The number of halogens is 2. The summed E-state index contributed by atoms with van der Waals surface area (Å²) >= 11 is 0. The molecule has 0 amide bonds. The van der Waals surface area contributed by atoms with E-state index in [1.165, 1.54) is 6.92 Å². The van der Waals surface area contributed by atoms with Gasteiger partial charge in [-0.1, -0.05) is 0 Å². The van der Waals surface area contributed by atoms with Gasteiger partial charge in [0.25, 0.3) is 0 Å². The summed E-state index contributed by atoms with van der Waals surface area (Å²) in [6.45, 7) is 1.91. The summed E-state index contributed by atoms with van der Waals surface area (Å²) in [6.07, 6.45) is 0.880. The van der Waals surface area contributed by atoms with Crippen LogP contribution in [-0.4, -0.2) is 31.7 Å². The Kier molecular flexibility index (Phi) is 3.80. The van der Waals surface area contributed by atoms with Crippen molar-refractivity contribution in [2.45, 2.75) is 25.7 Å². The zero-order valence-electron chi connectivity index (χ0n) is 8.09. The van der Waals surface area contributed by atoms with Gasteiger partial charge in [-0.15, -0.1) is 0 Å². The van der Waals surface area contributed by atoms with Crippen LogP contribution >= 0.6 is 0 Å². The number of alkyl halides is 2. The summed E-state index contributed by atoms with van der Waals surface area (Å²) in [7, 11) is 0. The highest BCUT2D eigenvalue weighted by Crippen LogP contribution is 2.32. The topological polar surface area (TPSA) is 35.5 Å². The van der Waals surface area contributed by atoms with Gasteiger partial charge in [0.2, 0.25) is 0 Å². The Bertz CT molecular complexity index is 200. The fourth-order valence-electron chi connectivity index (χ4n) is 1.42. The van der Waals surface area contributed by atoms with Crippen molar-refractivity contribution in [3.8, 4) is 0 Å². The Labute approximate surface area is 81.4 Å². The number of carbonyl (C=O) groups excluding carboxylic acids is 1. The SMILES string of the molecule is CCOC(=O)C(F)(F)[C@@H]1CCCOC1. The molecule has 5 heteroatoms. The van der Waals surface area contributed by atoms with E-state index in [-0.39, 0.29) is 13.2 Å². The van der Waals surface area contributed by atoms with Gasteiger partial charge in [-0.05, 0) is 19.8 Å². The van der Waals surface area contributed by atoms with Crippen LogP contribution in [0.4, 0.5) is 8.78 Å². The zero-order chi connectivity index (χ0) is 10.6. The first-order valence-corrected chi connectivity index (χ1v) is 4.71. The largest absolute Gasteiger partial charge is 0.462 e. The average molecular weight is 208 g/mol. The molecule has 0 bridgehead atoms. The number of hydrogen-bond donors (Lipinski definition) is 0. The molecule has 0 N–H and O–H groups in total. The van der Waals surface area contributed by atoms with Crippen LogP contribution in [0.15, 0.2) is 0 Å². The number of esters is 1. The fourth-order valence-corrected chi connectivity index (χ4v) is 1.42. The number of ether oxygens (including phenoxy) is 2. The molecule has 1 rings (SSSR count). The summed E-state index contributed by atoms with van der Waals surface area (Å²) in [5.74, 6) is -5.87. The summed E-state index contributed by atoms with van der Waals surface area (Å²) in [5.41, 5.74) is 0. The lowest BCUT2D eigenvalue weighted by atomic mass is 9.95. The third-order valence-corrected chi connectivity index (χ3v) is 2.22. The second kappa shape index (κ2) is 4.68. The van der Waals surface area contributed by atoms with Gasteiger partial charge in [-0.2, -0.15) is 8.78 Å². The van der Waals surface area contributed by atoms with Crippen LogP contribution in [0.25, 0.3) is 0 Å². The van der Waals surface area contributed by atoms with Gasteiger partial charge in [-0.25, -0.2) is 4.79 Å². The van der Waals surface area contributed by atoms with E-state index in [4.69, 9.17) is 4.74 Å². The Balaban J connectivity index is 2.57. The maximum absolute atomic E-state index is 13.3. The van der Waals surface area contributed by atoms with Gasteiger partial charge < -0.3 is 9.47 Å². The van der Waals surface area contributed by atoms with Crippen LogP contribution < -0.4 is 0 Å². The van der Waals surface area contributed by atoms with E-state index in [0.717, 1.165) is 0 Å². The molecule has 0 aromatic heterocycles. The molecule has 1 aliphatic heterocycles. The van der Waals surface area contributed by atoms with Crippen molar-refractivity contribution in [2.75, 3.05) is 19.8 Å². The van der Waals surface area contributed by atoms with E-state index < -0.39 is 17.8 Å². The van der Waals surface area contributed by atoms with Gasteiger partial charge in [-0.3, -0.25) is 0 Å². The maximum atomic E-state index is 13.3. The Morgan fingerprint density at radius 3 is 2.86 bits per heavy atom. The van der Waals surface area contributed by atoms with Crippen molar-refractivity contribution in [1.82, 2.24) is 0 Å². The maximum Gasteiger partial charge on any atom is 0.377 e. The van der Waals surface area contributed by atoms with Crippen LogP contribution in [0.2, 0.25) is 0 Å². The first kappa shape index (κ1) is 11.4. The molecule has 1 aliphatic rings. The normalized spacial score (nSPS) is 23.2. The van der Waals surface area contributed by atoms with Gasteiger partial charge >= 0.3 is 11.9 Å². The van der Waals surface area contributed by atoms with E-state index in [2.05, 4.69) is 4.74 Å². The Morgan fingerprint density at radius 2 is 2.36 bits per heavy atom. The van der Waals surface area contributed by atoms with Gasteiger partial charge in [0.1, 0.15) is 0 Å². The molecule has 14 heavy (non-hydrogen) atoms. The van der Waals surface area contributed by atoms with Crippen molar-refractivity contribution in [1.29, 1.82) is 0 Å². The van der Waals surface area contributed by atoms with Crippen molar-refractivity contribution in [3.63, 3.8) is 0 Å². The monoisotopic (exact) mass is 208 g/mol. The third kappa shape index (κ3) is 2.41. The summed E-state index contributed by atoms with van der Waals surface area (Å²) < 4.78 is 35.9. The average Bonchev–Trinajstić information content (AvgIpc) is 2.19. The quantitative estimate of drug-likeness (QED) is 0.661. The molecule has 1 atom stereocenters. The molecule has 0 saturated carbocycles. The van der Waals surface area contributed by atoms with E-state index in [9.17, 15) is 13.6 Å². The summed E-state index contributed by atoms with van der Waals surface area (Å²) in [5, 5.41) is 0. The lowest BCUT2D eigenvalue weighted by Crippen LogP contribution is -2.42. The lowest BCUT2D eigenvalue weighted by molar-refractivity contribution is -0.187. The van der Waals surface area contributed by atoms with E-state index in [0.29, 0.717) is 19.4 Å². The van der Waals surface area contributed by atoms with Crippen molar-refractivity contribution in [3.05, 3.63) is 0 Å². The van der Waals surface area contributed by atoms with Crippen molar-refractivity contribution in [2.24, 2.45) is 5.92 Å². The van der Waals surface area contributed by atoms with Crippen LogP contribution in [0.3, 0.4) is 0 Å². The predicted octanol–water partition coefficient (Wildman–Crippen LogP) is 1.61. The number of hydrogen-bond acceptors (Lipinski definition) is 3. The Hall–Kier alpha value is -0.710. The molecule has 0 radical (unpaired) electrons. The molecule has 1 saturated heterocycles. The summed E-state index contributed by atoms with van der Waals surface area (Å²) in [4.78, 5) is 10.9. The van der Waals surface area contributed by atoms with E-state index >= 15 is 0 Å². The highest BCUT2D eigenvalue weighted by Gasteiger charge is 2.49. The molecule has 0 aromatic carbocycles. The molecule has 0 spiro atoms. The van der Waals surface area contributed by atoms with Gasteiger partial charge in [0.05, 0.1) is 19.1 Å². The molecule has 0 aliphatic carbocycles. The molecule has 1 fully saturated rings. The first-order valence-electron chi connectivity index (χ1n) is 4.71. The minimum atomic E-state index is -3.41. The minimum absolute atomic E-state index is 0.0258. The minimum Gasteiger partial charge on any atom is -0.462 e. The third-order valence-electron chi connectivity index (χ3n) is 2.22. The van der Waals surface area contributed by atoms with E-state index in [1.54, 1.807) is 0 Å². The molecule has 1 heterocycles. The van der Waals surface area contributed by atoms with Crippen LogP contribution in [0.5, 0.6) is 0 Å². The predicted molar refractivity (Wildman–Crippen MR) is 45.1 cm³/mol. The van der Waals surface area contributed by atoms with Gasteiger partial charge in [0.15, 0.2) is 0 Å². The highest BCUT2D eigenvalue weighted by molar-refractivity contribution is 5.77. The van der Waals surface area contributed by atoms with Crippen LogP contribution in [0, 0.1) is 5.92 Å². The first-order chi connectivity index (χ1) is 6.59. The zero-order valence-corrected chi connectivity index (χ0v) is 8.09. The Morgan fingerprint density at radius 1 is 1.64 bits per heavy atom.